The van der Waals surface area contributed by atoms with Crippen molar-refractivity contribution < 1.29 is 9.90 Å². The molecule has 0 aliphatic carbocycles. The van der Waals surface area contributed by atoms with Crippen molar-refractivity contribution in [3.05, 3.63) is 28.2 Å². The predicted molar refractivity (Wildman–Crippen MR) is 65.6 cm³/mol. The number of aromatic nitrogens is 4. The zero-order chi connectivity index (χ0) is 13.3. The molecule has 0 fully saturated rings. The topological polar surface area (TPSA) is 80.9 Å². The molecule has 94 valence electrons. The van der Waals surface area contributed by atoms with Crippen LogP contribution < -0.4 is 0 Å². The van der Waals surface area contributed by atoms with Crippen LogP contribution in [0.4, 0.5) is 0 Å². The first-order valence-electron chi connectivity index (χ1n) is 4.97. The van der Waals surface area contributed by atoms with Crippen molar-refractivity contribution in [1.29, 1.82) is 0 Å². The molecule has 2 aromatic rings. The second-order valence-corrected chi connectivity index (χ2v) is 4.37. The van der Waals surface area contributed by atoms with Gasteiger partial charge in [-0.2, -0.15) is 0 Å². The summed E-state index contributed by atoms with van der Waals surface area (Å²) in [5, 5.41) is 20.6. The summed E-state index contributed by atoms with van der Waals surface area (Å²) in [6.45, 7) is 1.47. The van der Waals surface area contributed by atoms with Gasteiger partial charge in [-0.05, 0) is 29.5 Å². The lowest BCUT2D eigenvalue weighted by atomic mass is 10.2. The fourth-order valence-corrected chi connectivity index (χ4v) is 2.00. The van der Waals surface area contributed by atoms with E-state index in [0.717, 1.165) is 4.68 Å². The fourth-order valence-electron chi connectivity index (χ4n) is 1.44. The second-order valence-electron chi connectivity index (χ2n) is 3.56. The van der Waals surface area contributed by atoms with E-state index >= 15 is 0 Å². The number of halogens is 2. The van der Waals surface area contributed by atoms with Gasteiger partial charge in [0.1, 0.15) is 0 Å². The number of carboxylic acid groups (broad SMARTS) is 1. The van der Waals surface area contributed by atoms with Crippen molar-refractivity contribution in [2.24, 2.45) is 0 Å². The summed E-state index contributed by atoms with van der Waals surface area (Å²) in [5.74, 6) is -0.827. The Labute approximate surface area is 112 Å². The Morgan fingerprint density at radius 3 is 2.56 bits per heavy atom. The number of hydrogen-bond donors (Lipinski definition) is 1. The van der Waals surface area contributed by atoms with Crippen LogP contribution in [0, 0.1) is 0 Å². The quantitative estimate of drug-likeness (QED) is 0.936. The molecule has 8 heteroatoms. The Morgan fingerprint density at radius 1 is 1.39 bits per heavy atom. The molecule has 1 atom stereocenters. The molecule has 1 heterocycles. The highest BCUT2D eigenvalue weighted by molar-refractivity contribution is 6.38. The summed E-state index contributed by atoms with van der Waals surface area (Å²) in [6, 6.07) is 4.03. The summed E-state index contributed by atoms with van der Waals surface area (Å²) in [5.41, 5.74) is 0.416. The molecule has 0 spiro atoms. The lowest BCUT2D eigenvalue weighted by Gasteiger charge is -2.10. The van der Waals surface area contributed by atoms with Crippen molar-refractivity contribution in [3.63, 3.8) is 0 Å². The van der Waals surface area contributed by atoms with E-state index in [0.29, 0.717) is 15.6 Å². The van der Waals surface area contributed by atoms with Crippen LogP contribution in [-0.4, -0.2) is 31.3 Å². The largest absolute Gasteiger partial charge is 0.480 e. The number of carbonyl (C=O) groups is 1. The third kappa shape index (κ3) is 2.16. The van der Waals surface area contributed by atoms with Crippen LogP contribution in [0.25, 0.3) is 11.4 Å². The Hall–Kier alpha value is -1.66. The van der Waals surface area contributed by atoms with Crippen LogP contribution in [0.15, 0.2) is 18.2 Å². The molecule has 18 heavy (non-hydrogen) atoms. The average molecular weight is 287 g/mol. The van der Waals surface area contributed by atoms with Crippen molar-refractivity contribution >= 4 is 29.2 Å². The first kappa shape index (κ1) is 12.8. The summed E-state index contributed by atoms with van der Waals surface area (Å²) in [4.78, 5) is 11.0. The molecule has 0 amide bonds. The first-order chi connectivity index (χ1) is 8.52. The standard InChI is InChI=1S/C10H8Cl2N4O2/c1-5(10(17)18)16-9(13-14-15-16)8-6(11)3-2-4-7(8)12/h2-5H,1H3,(H,17,18). The third-order valence-corrected chi connectivity index (χ3v) is 3.03. The molecule has 0 saturated carbocycles. The van der Waals surface area contributed by atoms with Crippen LogP contribution in [-0.2, 0) is 4.79 Å². The monoisotopic (exact) mass is 286 g/mol. The van der Waals surface area contributed by atoms with Gasteiger partial charge in [0.25, 0.3) is 0 Å². The van der Waals surface area contributed by atoms with Gasteiger partial charge in [-0.3, -0.25) is 0 Å². The molecule has 2 rings (SSSR count). The highest BCUT2D eigenvalue weighted by atomic mass is 35.5. The summed E-state index contributed by atoms with van der Waals surface area (Å²) < 4.78 is 1.16. The van der Waals surface area contributed by atoms with E-state index < -0.39 is 12.0 Å². The zero-order valence-electron chi connectivity index (χ0n) is 9.21. The van der Waals surface area contributed by atoms with E-state index in [2.05, 4.69) is 15.5 Å². The van der Waals surface area contributed by atoms with Crippen molar-refractivity contribution in [3.8, 4) is 11.4 Å². The maximum absolute atomic E-state index is 11.0. The number of hydrogen-bond acceptors (Lipinski definition) is 4. The Morgan fingerprint density at radius 2 is 2.00 bits per heavy atom. The van der Waals surface area contributed by atoms with Gasteiger partial charge in [-0.1, -0.05) is 29.3 Å². The van der Waals surface area contributed by atoms with E-state index in [1.54, 1.807) is 18.2 Å². The smallest absolute Gasteiger partial charge is 0.328 e. The maximum Gasteiger partial charge on any atom is 0.328 e. The Kier molecular flexibility index (Phi) is 3.49. The fraction of sp³-hybridized carbons (Fsp3) is 0.200. The number of aliphatic carboxylic acids is 1. The van der Waals surface area contributed by atoms with E-state index in [9.17, 15) is 4.79 Å². The summed E-state index contributed by atoms with van der Waals surface area (Å²) >= 11 is 12.1. The van der Waals surface area contributed by atoms with Crippen molar-refractivity contribution in [2.45, 2.75) is 13.0 Å². The highest BCUT2D eigenvalue weighted by Gasteiger charge is 2.23. The minimum absolute atomic E-state index is 0.223. The molecule has 6 nitrogen and oxygen atoms in total. The predicted octanol–water partition coefficient (Wildman–Crippen LogP) is 2.29. The molecule has 1 aromatic carbocycles. The summed E-state index contributed by atoms with van der Waals surface area (Å²) in [7, 11) is 0. The number of tetrazole rings is 1. The van der Waals surface area contributed by atoms with Crippen LogP contribution >= 0.6 is 23.2 Å². The van der Waals surface area contributed by atoms with Gasteiger partial charge < -0.3 is 5.11 Å². The van der Waals surface area contributed by atoms with E-state index in [-0.39, 0.29) is 5.82 Å². The highest BCUT2D eigenvalue weighted by Crippen LogP contribution is 2.33. The van der Waals surface area contributed by atoms with Gasteiger partial charge >= 0.3 is 5.97 Å². The van der Waals surface area contributed by atoms with Gasteiger partial charge in [0, 0.05) is 0 Å². The normalized spacial score (nSPS) is 12.4. The lowest BCUT2D eigenvalue weighted by Crippen LogP contribution is -2.18. The van der Waals surface area contributed by atoms with Gasteiger partial charge in [0.2, 0.25) is 0 Å². The van der Waals surface area contributed by atoms with E-state index in [4.69, 9.17) is 28.3 Å². The molecule has 0 radical (unpaired) electrons. The molecular weight excluding hydrogens is 279 g/mol. The SMILES string of the molecule is CC(C(=O)O)n1nnnc1-c1c(Cl)cccc1Cl. The summed E-state index contributed by atoms with van der Waals surface area (Å²) in [6.07, 6.45) is 0. The molecule has 0 aliphatic heterocycles. The zero-order valence-corrected chi connectivity index (χ0v) is 10.7. The molecule has 1 N–H and O–H groups in total. The molecule has 0 saturated heterocycles. The average Bonchev–Trinajstić information content (AvgIpc) is 2.76. The van der Waals surface area contributed by atoms with E-state index in [1.807, 2.05) is 0 Å². The molecular formula is C10H8Cl2N4O2. The number of rotatable bonds is 3. The maximum atomic E-state index is 11.0. The Balaban J connectivity index is 2.59. The number of nitrogens with zero attached hydrogens (tertiary/aromatic N) is 4. The van der Waals surface area contributed by atoms with Crippen LogP contribution in [0.2, 0.25) is 10.0 Å². The van der Waals surface area contributed by atoms with Gasteiger partial charge in [0.15, 0.2) is 11.9 Å². The van der Waals surface area contributed by atoms with Crippen molar-refractivity contribution in [1.82, 2.24) is 20.2 Å². The second kappa shape index (κ2) is 4.91. The number of carboxylic acids is 1. The van der Waals surface area contributed by atoms with Crippen LogP contribution in [0.3, 0.4) is 0 Å². The van der Waals surface area contributed by atoms with E-state index in [1.165, 1.54) is 6.92 Å². The first-order valence-corrected chi connectivity index (χ1v) is 5.73. The van der Waals surface area contributed by atoms with Gasteiger partial charge in [-0.25, -0.2) is 9.48 Å². The molecule has 0 bridgehead atoms. The van der Waals surface area contributed by atoms with Gasteiger partial charge in [-0.15, -0.1) is 5.10 Å². The molecule has 1 aromatic heterocycles. The molecule has 0 aliphatic rings. The third-order valence-electron chi connectivity index (χ3n) is 2.40. The van der Waals surface area contributed by atoms with Crippen molar-refractivity contribution in [2.75, 3.05) is 0 Å². The number of benzene rings is 1. The minimum Gasteiger partial charge on any atom is -0.480 e. The van der Waals surface area contributed by atoms with Crippen LogP contribution in [0.5, 0.6) is 0 Å². The Bertz CT molecular complexity index is 579. The molecule has 1 unspecified atom stereocenters. The lowest BCUT2D eigenvalue weighted by molar-refractivity contribution is -0.140. The van der Waals surface area contributed by atoms with Crippen LogP contribution in [0.1, 0.15) is 13.0 Å². The van der Waals surface area contributed by atoms with Gasteiger partial charge in [0.05, 0.1) is 15.6 Å². The minimum atomic E-state index is -1.05.